The van der Waals surface area contributed by atoms with Crippen molar-refractivity contribution >= 4 is 23.4 Å². The number of benzene rings is 1. The molecule has 0 aromatic heterocycles. The summed E-state index contributed by atoms with van der Waals surface area (Å²) in [5, 5.41) is 0. The van der Waals surface area contributed by atoms with E-state index in [0.29, 0.717) is 23.6 Å². The summed E-state index contributed by atoms with van der Waals surface area (Å²) in [6.07, 6.45) is 1.96. The van der Waals surface area contributed by atoms with Crippen molar-refractivity contribution in [2.24, 2.45) is 0 Å². The smallest absolute Gasteiger partial charge is 0.338 e. The number of thioether (sulfide) groups is 1. The fourth-order valence-electron chi connectivity index (χ4n) is 1.14. The molecule has 16 heavy (non-hydrogen) atoms. The van der Waals surface area contributed by atoms with E-state index in [2.05, 4.69) is 0 Å². The summed E-state index contributed by atoms with van der Waals surface area (Å²) in [6, 6.07) is 4.83. The molecule has 0 atom stereocenters. The number of anilines is 1. The Morgan fingerprint density at radius 2 is 2.25 bits per heavy atom. The Labute approximate surface area is 99.1 Å². The van der Waals surface area contributed by atoms with E-state index in [9.17, 15) is 4.79 Å². The van der Waals surface area contributed by atoms with Crippen molar-refractivity contribution in [3.05, 3.63) is 23.8 Å². The maximum Gasteiger partial charge on any atom is 0.338 e. The predicted molar refractivity (Wildman–Crippen MR) is 66.1 cm³/mol. The molecule has 0 fully saturated rings. The van der Waals surface area contributed by atoms with Crippen molar-refractivity contribution in [1.82, 2.24) is 0 Å². The number of hydrogen-bond acceptors (Lipinski definition) is 5. The summed E-state index contributed by atoms with van der Waals surface area (Å²) in [5.74, 6) is 0.921. The zero-order valence-corrected chi connectivity index (χ0v) is 10.2. The highest BCUT2D eigenvalue weighted by Gasteiger charge is 2.09. The highest BCUT2D eigenvalue weighted by Crippen LogP contribution is 2.22. The van der Waals surface area contributed by atoms with E-state index in [4.69, 9.17) is 15.2 Å². The Bertz CT molecular complexity index is 368. The molecule has 0 aliphatic heterocycles. The third-order valence-electron chi connectivity index (χ3n) is 1.99. The van der Waals surface area contributed by atoms with Crippen LogP contribution >= 0.6 is 11.8 Å². The van der Waals surface area contributed by atoms with Crippen LogP contribution in [-0.2, 0) is 4.74 Å². The molecular weight excluding hydrogens is 226 g/mol. The van der Waals surface area contributed by atoms with Crippen molar-refractivity contribution in [1.29, 1.82) is 0 Å². The fraction of sp³-hybridized carbons (Fsp3) is 0.364. The molecule has 5 heteroatoms. The van der Waals surface area contributed by atoms with Gasteiger partial charge in [0.15, 0.2) is 0 Å². The average molecular weight is 241 g/mol. The van der Waals surface area contributed by atoms with Gasteiger partial charge in [-0.3, -0.25) is 0 Å². The first-order valence-electron chi connectivity index (χ1n) is 4.78. The number of rotatable bonds is 5. The molecule has 0 saturated heterocycles. The Morgan fingerprint density at radius 1 is 1.50 bits per heavy atom. The fourth-order valence-corrected chi connectivity index (χ4v) is 1.39. The molecule has 0 bridgehead atoms. The van der Waals surface area contributed by atoms with Crippen LogP contribution in [0.5, 0.6) is 5.75 Å². The van der Waals surface area contributed by atoms with Gasteiger partial charge in [0.1, 0.15) is 12.4 Å². The van der Waals surface area contributed by atoms with Gasteiger partial charge in [-0.25, -0.2) is 4.79 Å². The van der Waals surface area contributed by atoms with E-state index in [0.717, 1.165) is 5.75 Å². The lowest BCUT2D eigenvalue weighted by Gasteiger charge is -2.07. The standard InChI is InChI=1S/C11H15NO3S/c1-14-10-7-8(3-4-9(10)12)11(13)15-5-6-16-2/h3-4,7H,5-6,12H2,1-2H3. The lowest BCUT2D eigenvalue weighted by Crippen LogP contribution is -2.08. The molecule has 0 amide bonds. The molecule has 0 aliphatic rings. The molecule has 0 radical (unpaired) electrons. The van der Waals surface area contributed by atoms with E-state index >= 15 is 0 Å². The quantitative estimate of drug-likeness (QED) is 0.484. The van der Waals surface area contributed by atoms with Crippen LogP contribution in [0, 0.1) is 0 Å². The predicted octanol–water partition coefficient (Wildman–Crippen LogP) is 1.80. The summed E-state index contributed by atoms with van der Waals surface area (Å²) in [7, 11) is 1.51. The summed E-state index contributed by atoms with van der Waals surface area (Å²) >= 11 is 1.63. The second-order valence-electron chi connectivity index (χ2n) is 3.09. The Morgan fingerprint density at radius 3 is 2.88 bits per heavy atom. The van der Waals surface area contributed by atoms with Gasteiger partial charge < -0.3 is 15.2 Å². The lowest BCUT2D eigenvalue weighted by molar-refractivity contribution is 0.0530. The molecule has 4 nitrogen and oxygen atoms in total. The summed E-state index contributed by atoms with van der Waals surface area (Å²) < 4.78 is 10.1. The van der Waals surface area contributed by atoms with Gasteiger partial charge in [-0.2, -0.15) is 11.8 Å². The molecule has 2 N–H and O–H groups in total. The second kappa shape index (κ2) is 6.27. The zero-order chi connectivity index (χ0) is 12.0. The van der Waals surface area contributed by atoms with Gasteiger partial charge in [0, 0.05) is 5.75 Å². The first-order chi connectivity index (χ1) is 7.69. The highest BCUT2D eigenvalue weighted by molar-refractivity contribution is 7.98. The number of esters is 1. The van der Waals surface area contributed by atoms with Gasteiger partial charge in [-0.1, -0.05) is 0 Å². The number of nitrogen functional groups attached to an aromatic ring is 1. The number of methoxy groups -OCH3 is 1. The van der Waals surface area contributed by atoms with E-state index in [-0.39, 0.29) is 5.97 Å². The van der Waals surface area contributed by atoms with Crippen LogP contribution in [0.3, 0.4) is 0 Å². The monoisotopic (exact) mass is 241 g/mol. The number of carbonyl (C=O) groups excluding carboxylic acids is 1. The molecule has 1 rings (SSSR count). The van der Waals surface area contributed by atoms with Crippen LogP contribution in [-0.4, -0.2) is 31.7 Å². The average Bonchev–Trinajstić information content (AvgIpc) is 2.30. The summed E-state index contributed by atoms with van der Waals surface area (Å²) in [5.41, 5.74) is 6.60. The minimum absolute atomic E-state index is 0.354. The first kappa shape index (κ1) is 12.7. The van der Waals surface area contributed by atoms with Crippen molar-refractivity contribution < 1.29 is 14.3 Å². The van der Waals surface area contributed by atoms with Crippen LogP contribution in [0.4, 0.5) is 5.69 Å². The first-order valence-corrected chi connectivity index (χ1v) is 6.18. The van der Waals surface area contributed by atoms with Crippen LogP contribution in [0.2, 0.25) is 0 Å². The van der Waals surface area contributed by atoms with E-state index < -0.39 is 0 Å². The molecule has 0 saturated carbocycles. The summed E-state index contributed by atoms with van der Waals surface area (Å²) in [4.78, 5) is 11.6. The van der Waals surface area contributed by atoms with Gasteiger partial charge in [0.25, 0.3) is 0 Å². The molecule has 88 valence electrons. The molecule has 0 spiro atoms. The van der Waals surface area contributed by atoms with E-state index in [1.54, 1.807) is 30.0 Å². The second-order valence-corrected chi connectivity index (χ2v) is 4.07. The van der Waals surface area contributed by atoms with Crippen LogP contribution in [0.25, 0.3) is 0 Å². The SMILES string of the molecule is COc1cc(C(=O)OCCSC)ccc1N. The number of carbonyl (C=O) groups is 1. The van der Waals surface area contributed by atoms with Gasteiger partial charge in [0.05, 0.1) is 18.4 Å². The Balaban J connectivity index is 2.68. The maximum atomic E-state index is 11.6. The van der Waals surface area contributed by atoms with Crippen LogP contribution in [0.15, 0.2) is 18.2 Å². The van der Waals surface area contributed by atoms with E-state index in [1.807, 2.05) is 6.26 Å². The minimum atomic E-state index is -0.354. The molecule has 1 aromatic rings. The number of ether oxygens (including phenoxy) is 2. The van der Waals surface area contributed by atoms with Gasteiger partial charge in [0.2, 0.25) is 0 Å². The van der Waals surface area contributed by atoms with E-state index in [1.165, 1.54) is 7.11 Å². The zero-order valence-electron chi connectivity index (χ0n) is 9.36. The van der Waals surface area contributed by atoms with Gasteiger partial charge in [-0.05, 0) is 24.5 Å². The third kappa shape index (κ3) is 3.34. The molecule has 0 unspecified atom stereocenters. The highest BCUT2D eigenvalue weighted by atomic mass is 32.2. The minimum Gasteiger partial charge on any atom is -0.495 e. The van der Waals surface area contributed by atoms with Gasteiger partial charge >= 0.3 is 5.97 Å². The third-order valence-corrected chi connectivity index (χ3v) is 2.56. The van der Waals surface area contributed by atoms with Gasteiger partial charge in [-0.15, -0.1) is 0 Å². The van der Waals surface area contributed by atoms with Crippen molar-refractivity contribution in [2.45, 2.75) is 0 Å². The topological polar surface area (TPSA) is 61.5 Å². The van der Waals surface area contributed by atoms with Crippen molar-refractivity contribution in [3.8, 4) is 5.75 Å². The Hall–Kier alpha value is -1.36. The number of nitrogens with two attached hydrogens (primary N) is 1. The molecule has 0 heterocycles. The molecule has 1 aromatic carbocycles. The lowest BCUT2D eigenvalue weighted by atomic mass is 10.2. The normalized spacial score (nSPS) is 9.88. The maximum absolute atomic E-state index is 11.6. The van der Waals surface area contributed by atoms with Crippen LogP contribution < -0.4 is 10.5 Å². The Kier molecular flexibility index (Phi) is 4.98. The summed E-state index contributed by atoms with van der Waals surface area (Å²) in [6.45, 7) is 0.409. The van der Waals surface area contributed by atoms with Crippen LogP contribution in [0.1, 0.15) is 10.4 Å². The molecular formula is C11H15NO3S. The van der Waals surface area contributed by atoms with Crippen molar-refractivity contribution in [3.63, 3.8) is 0 Å². The number of hydrogen-bond donors (Lipinski definition) is 1. The largest absolute Gasteiger partial charge is 0.495 e. The molecule has 0 aliphatic carbocycles. The van der Waals surface area contributed by atoms with Crippen molar-refractivity contribution in [2.75, 3.05) is 31.5 Å².